The van der Waals surface area contributed by atoms with Crippen molar-refractivity contribution in [2.75, 3.05) is 13.6 Å². The molecule has 0 bridgehead atoms. The maximum absolute atomic E-state index is 12.2. The van der Waals surface area contributed by atoms with Crippen LogP contribution in [0.25, 0.3) is 0 Å². The first kappa shape index (κ1) is 15.5. The van der Waals surface area contributed by atoms with E-state index in [9.17, 15) is 8.42 Å². The Hall–Kier alpha value is -0.920. The summed E-state index contributed by atoms with van der Waals surface area (Å²) >= 11 is 0. The minimum atomic E-state index is -3.48. The van der Waals surface area contributed by atoms with Crippen LogP contribution in [0.5, 0.6) is 0 Å². The van der Waals surface area contributed by atoms with E-state index in [0.717, 1.165) is 6.42 Å². The molecule has 1 aromatic rings. The predicted molar refractivity (Wildman–Crippen MR) is 77.7 cm³/mol. The zero-order valence-corrected chi connectivity index (χ0v) is 12.8. The molecule has 1 aromatic heterocycles. The molecular formula is C13H24N4O2S. The van der Waals surface area contributed by atoms with Crippen LogP contribution in [0.15, 0.2) is 11.2 Å². The van der Waals surface area contributed by atoms with E-state index in [-0.39, 0.29) is 5.03 Å². The molecule has 114 valence electrons. The highest BCUT2D eigenvalue weighted by Crippen LogP contribution is 2.25. The largest absolute Gasteiger partial charge is 0.316 e. The quantitative estimate of drug-likeness (QED) is 0.710. The Bertz CT molecular complexity index is 506. The van der Waals surface area contributed by atoms with Gasteiger partial charge in [-0.25, -0.2) is 13.1 Å². The summed E-state index contributed by atoms with van der Waals surface area (Å²) in [5.41, 5.74) is 0.665. The molecule has 1 saturated carbocycles. The van der Waals surface area contributed by atoms with Crippen LogP contribution >= 0.6 is 0 Å². The van der Waals surface area contributed by atoms with Gasteiger partial charge in [-0.2, -0.15) is 5.10 Å². The summed E-state index contributed by atoms with van der Waals surface area (Å²) in [6.07, 6.45) is 8.83. The monoisotopic (exact) mass is 300 g/mol. The molecule has 20 heavy (non-hydrogen) atoms. The van der Waals surface area contributed by atoms with Crippen molar-refractivity contribution in [2.45, 2.75) is 50.1 Å². The SMILES string of the molecule is CNCc1cn[nH]c1S(=O)(=O)NCCC1CCCCC1. The molecule has 0 aromatic carbocycles. The van der Waals surface area contributed by atoms with E-state index >= 15 is 0 Å². The summed E-state index contributed by atoms with van der Waals surface area (Å²) in [6.45, 7) is 0.986. The third kappa shape index (κ3) is 4.04. The number of rotatable bonds is 7. The molecule has 2 rings (SSSR count). The summed E-state index contributed by atoms with van der Waals surface area (Å²) in [5, 5.41) is 9.51. The highest BCUT2D eigenvalue weighted by Gasteiger charge is 2.21. The van der Waals surface area contributed by atoms with Crippen LogP contribution in [-0.2, 0) is 16.6 Å². The normalized spacial score (nSPS) is 17.4. The summed E-state index contributed by atoms with van der Waals surface area (Å²) < 4.78 is 27.1. The summed E-state index contributed by atoms with van der Waals surface area (Å²) in [5.74, 6) is 0.671. The van der Waals surface area contributed by atoms with Gasteiger partial charge in [0.25, 0.3) is 10.0 Å². The van der Waals surface area contributed by atoms with Gasteiger partial charge in [-0.3, -0.25) is 5.10 Å². The molecule has 6 nitrogen and oxygen atoms in total. The molecule has 1 aliphatic rings. The molecule has 0 amide bonds. The highest BCUT2D eigenvalue weighted by atomic mass is 32.2. The molecule has 0 radical (unpaired) electrons. The Morgan fingerprint density at radius 2 is 2.10 bits per heavy atom. The van der Waals surface area contributed by atoms with Gasteiger partial charge in [0.15, 0.2) is 5.03 Å². The highest BCUT2D eigenvalue weighted by molar-refractivity contribution is 7.89. The van der Waals surface area contributed by atoms with Gasteiger partial charge in [0, 0.05) is 18.7 Å². The van der Waals surface area contributed by atoms with Gasteiger partial charge in [-0.05, 0) is 19.4 Å². The fourth-order valence-corrected chi connectivity index (χ4v) is 3.97. The smallest absolute Gasteiger partial charge is 0.257 e. The van der Waals surface area contributed by atoms with Crippen molar-refractivity contribution in [1.82, 2.24) is 20.2 Å². The zero-order valence-electron chi connectivity index (χ0n) is 12.0. The van der Waals surface area contributed by atoms with Gasteiger partial charge in [0.2, 0.25) is 0 Å². The van der Waals surface area contributed by atoms with Crippen molar-refractivity contribution in [1.29, 1.82) is 0 Å². The van der Waals surface area contributed by atoms with Crippen molar-refractivity contribution in [3.8, 4) is 0 Å². The summed E-state index contributed by atoms with van der Waals surface area (Å²) in [7, 11) is -1.70. The molecule has 3 N–H and O–H groups in total. The predicted octanol–water partition coefficient (Wildman–Crippen LogP) is 1.38. The van der Waals surface area contributed by atoms with Crippen molar-refractivity contribution >= 4 is 10.0 Å². The van der Waals surface area contributed by atoms with Gasteiger partial charge in [-0.15, -0.1) is 0 Å². The number of aromatic amines is 1. The molecule has 0 aliphatic heterocycles. The van der Waals surface area contributed by atoms with E-state index in [2.05, 4.69) is 20.2 Å². The Labute approximate surface area is 120 Å². The number of hydrogen-bond acceptors (Lipinski definition) is 4. The third-order valence-electron chi connectivity index (χ3n) is 3.88. The van der Waals surface area contributed by atoms with Crippen LogP contribution < -0.4 is 10.0 Å². The van der Waals surface area contributed by atoms with Gasteiger partial charge >= 0.3 is 0 Å². The molecule has 0 spiro atoms. The van der Waals surface area contributed by atoms with Crippen LogP contribution in [0.3, 0.4) is 0 Å². The number of nitrogens with one attached hydrogen (secondary N) is 3. The minimum Gasteiger partial charge on any atom is -0.316 e. The second kappa shape index (κ2) is 7.19. The van der Waals surface area contributed by atoms with Crippen LogP contribution in [0.4, 0.5) is 0 Å². The maximum atomic E-state index is 12.2. The molecule has 1 heterocycles. The van der Waals surface area contributed by atoms with Gasteiger partial charge in [0.1, 0.15) is 0 Å². The first-order chi connectivity index (χ1) is 9.63. The number of nitrogens with zero attached hydrogens (tertiary/aromatic N) is 1. The molecular weight excluding hydrogens is 276 g/mol. The number of sulfonamides is 1. The number of hydrogen-bond donors (Lipinski definition) is 3. The fraction of sp³-hybridized carbons (Fsp3) is 0.769. The average Bonchev–Trinajstić information content (AvgIpc) is 2.89. The van der Waals surface area contributed by atoms with Crippen molar-refractivity contribution in [3.63, 3.8) is 0 Å². The Morgan fingerprint density at radius 1 is 1.35 bits per heavy atom. The molecule has 0 saturated heterocycles. The molecule has 0 unspecified atom stereocenters. The first-order valence-electron chi connectivity index (χ1n) is 7.30. The lowest BCUT2D eigenvalue weighted by Gasteiger charge is -2.21. The summed E-state index contributed by atoms with van der Waals surface area (Å²) in [6, 6.07) is 0. The lowest BCUT2D eigenvalue weighted by Crippen LogP contribution is -2.28. The second-order valence-electron chi connectivity index (χ2n) is 5.45. The van der Waals surface area contributed by atoms with Crippen LogP contribution in [-0.4, -0.2) is 32.2 Å². The Kier molecular flexibility index (Phi) is 5.56. The zero-order chi connectivity index (χ0) is 14.4. The summed E-state index contributed by atoms with van der Waals surface area (Å²) in [4.78, 5) is 0. The van der Waals surface area contributed by atoms with Gasteiger partial charge in [0.05, 0.1) is 6.20 Å². The molecule has 7 heteroatoms. The lowest BCUT2D eigenvalue weighted by atomic mass is 9.87. The Balaban J connectivity index is 1.88. The van der Waals surface area contributed by atoms with E-state index in [1.807, 2.05) is 0 Å². The van der Waals surface area contributed by atoms with E-state index in [1.165, 1.54) is 32.1 Å². The van der Waals surface area contributed by atoms with Crippen molar-refractivity contribution in [3.05, 3.63) is 11.8 Å². The van der Waals surface area contributed by atoms with Gasteiger partial charge < -0.3 is 5.32 Å². The minimum absolute atomic E-state index is 0.176. The molecule has 1 aliphatic carbocycles. The third-order valence-corrected chi connectivity index (χ3v) is 5.36. The van der Waals surface area contributed by atoms with Crippen molar-refractivity contribution in [2.24, 2.45) is 5.92 Å². The average molecular weight is 300 g/mol. The van der Waals surface area contributed by atoms with Gasteiger partial charge in [-0.1, -0.05) is 32.1 Å². The standard InChI is InChI=1S/C13H24N4O2S/c1-14-9-12-10-15-17-13(12)20(18,19)16-8-7-11-5-3-2-4-6-11/h10-11,14,16H,2-9H2,1H3,(H,15,17). The lowest BCUT2D eigenvalue weighted by molar-refractivity contribution is 0.339. The number of aromatic nitrogens is 2. The molecule has 1 fully saturated rings. The van der Waals surface area contributed by atoms with E-state index < -0.39 is 10.0 Å². The van der Waals surface area contributed by atoms with E-state index in [4.69, 9.17) is 0 Å². The van der Waals surface area contributed by atoms with Crippen molar-refractivity contribution < 1.29 is 8.42 Å². The number of H-pyrrole nitrogens is 1. The maximum Gasteiger partial charge on any atom is 0.257 e. The first-order valence-corrected chi connectivity index (χ1v) is 8.78. The van der Waals surface area contributed by atoms with Crippen LogP contribution in [0.2, 0.25) is 0 Å². The van der Waals surface area contributed by atoms with E-state index in [1.54, 1.807) is 13.2 Å². The topological polar surface area (TPSA) is 86.9 Å². The second-order valence-corrected chi connectivity index (χ2v) is 7.15. The molecule has 0 atom stereocenters. The van der Waals surface area contributed by atoms with Crippen LogP contribution in [0.1, 0.15) is 44.1 Å². The van der Waals surface area contributed by atoms with Crippen LogP contribution in [0, 0.1) is 5.92 Å². The Morgan fingerprint density at radius 3 is 2.80 bits per heavy atom. The van der Waals surface area contributed by atoms with E-state index in [0.29, 0.717) is 24.6 Å². The fourth-order valence-electron chi connectivity index (χ4n) is 2.79.